The normalized spacial score (nSPS) is 17.1. The summed E-state index contributed by atoms with van der Waals surface area (Å²) in [7, 11) is 0. The van der Waals surface area contributed by atoms with Gasteiger partial charge in [0.25, 0.3) is 0 Å². The predicted octanol–water partition coefficient (Wildman–Crippen LogP) is 6.09. The average Bonchev–Trinajstić information content (AvgIpc) is 2.67. The third-order valence-electron chi connectivity index (χ3n) is 5.81. The second-order valence-corrected chi connectivity index (χ2v) is 8.29. The molecule has 144 valence electrons. The Morgan fingerprint density at radius 1 is 1.18 bits per heavy atom. The first-order chi connectivity index (χ1) is 13.5. The van der Waals surface area contributed by atoms with Crippen LogP contribution in [0.3, 0.4) is 0 Å². The van der Waals surface area contributed by atoms with Gasteiger partial charge in [-0.05, 0) is 80.8 Å². The van der Waals surface area contributed by atoms with Gasteiger partial charge in [-0.15, -0.1) is 0 Å². The number of hydrogen-bond donors (Lipinski definition) is 1. The predicted molar refractivity (Wildman–Crippen MR) is 110 cm³/mol. The average molecular weight is 376 g/mol. The molecule has 3 aliphatic rings. The van der Waals surface area contributed by atoms with E-state index in [1.165, 1.54) is 11.6 Å². The Balaban J connectivity index is 1.46. The number of ether oxygens (including phenoxy) is 1. The molecule has 0 unspecified atom stereocenters. The minimum Gasteiger partial charge on any atom is -0.491 e. The lowest BCUT2D eigenvalue weighted by Gasteiger charge is -2.48. The fraction of sp³-hybridized carbons (Fsp3) is 0.375. The summed E-state index contributed by atoms with van der Waals surface area (Å²) in [6.07, 6.45) is 4.10. The molecule has 1 fully saturated rings. The van der Waals surface area contributed by atoms with E-state index in [0.29, 0.717) is 5.56 Å². The van der Waals surface area contributed by atoms with E-state index >= 15 is 0 Å². The van der Waals surface area contributed by atoms with Gasteiger partial charge >= 0.3 is 0 Å². The molecule has 1 saturated carbocycles. The highest BCUT2D eigenvalue weighted by Gasteiger charge is 2.44. The fourth-order valence-electron chi connectivity index (χ4n) is 4.29. The number of nitrogens with zero attached hydrogens (tertiary/aromatic N) is 1. The standard InChI is InChI=1S/C24H25FN2O/c1-16(2)28-21-6-3-17(4-7-21)22-11-20(5-8-23(22)25)27-15-24-10-9-18(14-26)19(12-24)13-24/h3-8,11,16,27H,9-10,12-13,15H2,1-2H3. The molecule has 3 nitrogen and oxygen atoms in total. The monoisotopic (exact) mass is 376 g/mol. The maximum absolute atomic E-state index is 14.4. The van der Waals surface area contributed by atoms with Gasteiger partial charge in [-0.1, -0.05) is 17.7 Å². The van der Waals surface area contributed by atoms with E-state index in [1.54, 1.807) is 6.07 Å². The van der Waals surface area contributed by atoms with Crippen LogP contribution in [0.1, 0.15) is 39.5 Å². The number of hydrogen-bond acceptors (Lipinski definition) is 3. The smallest absolute Gasteiger partial charge is 0.131 e. The molecule has 0 atom stereocenters. The van der Waals surface area contributed by atoms with Gasteiger partial charge in [0.2, 0.25) is 0 Å². The molecule has 0 aliphatic heterocycles. The van der Waals surface area contributed by atoms with E-state index in [9.17, 15) is 4.39 Å². The lowest BCUT2D eigenvalue weighted by molar-refractivity contribution is 0.184. The molecule has 0 heterocycles. The molecule has 2 aromatic carbocycles. The fourth-order valence-corrected chi connectivity index (χ4v) is 4.29. The van der Waals surface area contributed by atoms with Crippen LogP contribution in [0.4, 0.5) is 10.1 Å². The summed E-state index contributed by atoms with van der Waals surface area (Å²) >= 11 is 0. The second-order valence-electron chi connectivity index (χ2n) is 8.29. The molecule has 0 spiro atoms. The van der Waals surface area contributed by atoms with E-state index < -0.39 is 0 Å². The zero-order valence-electron chi connectivity index (χ0n) is 16.4. The molecular formula is C24H25FN2O. The molecule has 2 bridgehead atoms. The van der Waals surface area contributed by atoms with Crippen molar-refractivity contribution in [1.82, 2.24) is 0 Å². The van der Waals surface area contributed by atoms with Gasteiger partial charge in [0.05, 0.1) is 12.2 Å². The number of fused-ring (bicyclic) bond motifs is 2. The van der Waals surface area contributed by atoms with Crippen LogP contribution in [0.15, 0.2) is 53.6 Å². The number of anilines is 1. The van der Waals surface area contributed by atoms with Crippen LogP contribution in [-0.4, -0.2) is 12.6 Å². The summed E-state index contributed by atoms with van der Waals surface area (Å²) in [6, 6.07) is 15.1. The van der Waals surface area contributed by atoms with Crippen LogP contribution in [-0.2, 0) is 0 Å². The van der Waals surface area contributed by atoms with Crippen molar-refractivity contribution in [3.8, 4) is 22.9 Å². The third kappa shape index (κ3) is 3.62. The van der Waals surface area contributed by atoms with Crippen LogP contribution in [0.25, 0.3) is 11.1 Å². The van der Waals surface area contributed by atoms with Gasteiger partial charge in [0.15, 0.2) is 0 Å². The lowest BCUT2D eigenvalue weighted by atomic mass is 9.57. The molecule has 0 saturated heterocycles. The molecule has 3 aliphatic carbocycles. The summed E-state index contributed by atoms with van der Waals surface area (Å²) in [6.45, 7) is 4.83. The Bertz CT molecular complexity index is 946. The van der Waals surface area contributed by atoms with E-state index in [4.69, 9.17) is 10.00 Å². The van der Waals surface area contributed by atoms with Gasteiger partial charge in [-0.25, -0.2) is 4.39 Å². The van der Waals surface area contributed by atoms with Gasteiger partial charge in [-0.2, -0.15) is 5.26 Å². The van der Waals surface area contributed by atoms with Gasteiger partial charge in [0, 0.05) is 23.4 Å². The van der Waals surface area contributed by atoms with Crippen LogP contribution in [0.5, 0.6) is 5.75 Å². The topological polar surface area (TPSA) is 45.0 Å². The largest absolute Gasteiger partial charge is 0.491 e. The Labute approximate surface area is 165 Å². The number of halogens is 1. The van der Waals surface area contributed by atoms with Crippen molar-refractivity contribution in [2.45, 2.75) is 45.6 Å². The Hall–Kier alpha value is -2.80. The molecular weight excluding hydrogens is 351 g/mol. The van der Waals surface area contributed by atoms with Gasteiger partial charge < -0.3 is 10.1 Å². The molecule has 2 aromatic rings. The third-order valence-corrected chi connectivity index (χ3v) is 5.81. The molecule has 0 amide bonds. The molecule has 28 heavy (non-hydrogen) atoms. The molecule has 0 radical (unpaired) electrons. The minimum absolute atomic E-state index is 0.111. The van der Waals surface area contributed by atoms with Crippen molar-refractivity contribution in [2.24, 2.45) is 5.41 Å². The first kappa shape index (κ1) is 18.6. The van der Waals surface area contributed by atoms with Crippen molar-refractivity contribution in [1.29, 1.82) is 5.26 Å². The van der Waals surface area contributed by atoms with E-state index in [2.05, 4.69) is 11.4 Å². The zero-order valence-corrected chi connectivity index (χ0v) is 16.4. The van der Waals surface area contributed by atoms with E-state index in [-0.39, 0.29) is 17.3 Å². The SMILES string of the molecule is CC(C)Oc1ccc(-c2cc(NCC34CCC(C#N)=C(C3)C4)ccc2F)cc1. The molecule has 5 rings (SSSR count). The maximum Gasteiger partial charge on any atom is 0.131 e. The van der Waals surface area contributed by atoms with Crippen molar-refractivity contribution >= 4 is 5.69 Å². The Morgan fingerprint density at radius 2 is 1.93 bits per heavy atom. The quantitative estimate of drug-likeness (QED) is 0.664. The van der Waals surface area contributed by atoms with Crippen molar-refractivity contribution in [2.75, 3.05) is 11.9 Å². The highest BCUT2D eigenvalue weighted by molar-refractivity contribution is 5.69. The summed E-state index contributed by atoms with van der Waals surface area (Å²) in [4.78, 5) is 0. The molecule has 1 N–H and O–H groups in total. The number of nitriles is 1. The zero-order chi connectivity index (χ0) is 19.7. The van der Waals surface area contributed by atoms with Crippen LogP contribution in [0, 0.1) is 22.6 Å². The molecule has 0 aromatic heterocycles. The van der Waals surface area contributed by atoms with E-state index in [0.717, 1.165) is 54.8 Å². The first-order valence-corrected chi connectivity index (χ1v) is 9.89. The maximum atomic E-state index is 14.4. The van der Waals surface area contributed by atoms with Gasteiger partial charge in [-0.3, -0.25) is 0 Å². The van der Waals surface area contributed by atoms with E-state index in [1.807, 2.05) is 44.2 Å². The number of nitrogens with one attached hydrogen (secondary N) is 1. The van der Waals surface area contributed by atoms with Crippen molar-refractivity contribution < 1.29 is 9.13 Å². The minimum atomic E-state index is -0.230. The van der Waals surface area contributed by atoms with Crippen molar-refractivity contribution in [3.63, 3.8) is 0 Å². The second kappa shape index (κ2) is 7.31. The Kier molecular flexibility index (Phi) is 4.85. The number of benzene rings is 2. The Morgan fingerprint density at radius 3 is 2.54 bits per heavy atom. The highest BCUT2D eigenvalue weighted by atomic mass is 19.1. The summed E-state index contributed by atoms with van der Waals surface area (Å²) < 4.78 is 20.1. The number of allylic oxidation sites excluding steroid dienone is 2. The summed E-state index contributed by atoms with van der Waals surface area (Å²) in [5.74, 6) is 0.557. The van der Waals surface area contributed by atoms with Gasteiger partial charge in [0.1, 0.15) is 11.6 Å². The first-order valence-electron chi connectivity index (χ1n) is 9.89. The van der Waals surface area contributed by atoms with Crippen molar-refractivity contribution in [3.05, 3.63) is 59.4 Å². The number of rotatable bonds is 6. The highest BCUT2D eigenvalue weighted by Crippen LogP contribution is 2.54. The van der Waals surface area contributed by atoms with Crippen LogP contribution < -0.4 is 10.1 Å². The van der Waals surface area contributed by atoms with Crippen LogP contribution >= 0.6 is 0 Å². The summed E-state index contributed by atoms with van der Waals surface area (Å²) in [5.41, 5.74) is 4.94. The summed E-state index contributed by atoms with van der Waals surface area (Å²) in [5, 5.41) is 12.6. The van der Waals surface area contributed by atoms with Crippen LogP contribution in [0.2, 0.25) is 0 Å². The molecule has 4 heteroatoms. The lowest BCUT2D eigenvalue weighted by Crippen LogP contribution is -2.41.